The maximum Gasteiger partial charge on any atom is 0.101 e. The van der Waals surface area contributed by atoms with E-state index in [9.17, 15) is 0 Å². The number of likely N-dealkylation sites (tertiary alicyclic amines) is 1. The monoisotopic (exact) mass is 263 g/mol. The van der Waals surface area contributed by atoms with Crippen LogP contribution in [0, 0.1) is 0 Å². The lowest BCUT2D eigenvalue weighted by molar-refractivity contribution is 0.214. The Balaban J connectivity index is 1.77. The van der Waals surface area contributed by atoms with Crippen molar-refractivity contribution in [1.82, 2.24) is 24.8 Å². The summed E-state index contributed by atoms with van der Waals surface area (Å²) in [6, 6.07) is 0.598. The Labute approximate surface area is 115 Å². The second-order valence-electron chi connectivity index (χ2n) is 6.11. The fraction of sp³-hybridized carbons (Fsp3) is 0.857. The van der Waals surface area contributed by atoms with Crippen LogP contribution in [0.1, 0.15) is 44.5 Å². The summed E-state index contributed by atoms with van der Waals surface area (Å²) in [7, 11) is 0. The van der Waals surface area contributed by atoms with Crippen LogP contribution in [0.4, 0.5) is 0 Å². The summed E-state index contributed by atoms with van der Waals surface area (Å²) in [6.45, 7) is 11.2. The number of hydrogen-bond acceptors (Lipinski definition) is 4. The third-order valence-corrected chi connectivity index (χ3v) is 4.39. The molecule has 0 amide bonds. The molecule has 0 saturated carbocycles. The zero-order valence-electron chi connectivity index (χ0n) is 12.2. The summed E-state index contributed by atoms with van der Waals surface area (Å²) in [6.07, 6.45) is 3.85. The van der Waals surface area contributed by atoms with Crippen LogP contribution in [0.25, 0.3) is 0 Å². The molecule has 3 heterocycles. The Morgan fingerprint density at radius 2 is 1.84 bits per heavy atom. The number of nitrogens with zero attached hydrogens (tertiary/aromatic N) is 5. The smallest absolute Gasteiger partial charge is 0.101 e. The summed E-state index contributed by atoms with van der Waals surface area (Å²) < 4.78 is 2.13. The van der Waals surface area contributed by atoms with E-state index >= 15 is 0 Å². The molecular weight excluding hydrogens is 238 g/mol. The summed E-state index contributed by atoms with van der Waals surface area (Å²) in [4.78, 5) is 5.05. The van der Waals surface area contributed by atoms with Crippen molar-refractivity contribution in [3.63, 3.8) is 0 Å². The van der Waals surface area contributed by atoms with Gasteiger partial charge in [-0.25, -0.2) is 4.68 Å². The highest BCUT2D eigenvalue weighted by Gasteiger charge is 2.23. The molecule has 0 spiro atoms. The quantitative estimate of drug-likeness (QED) is 0.828. The molecule has 1 fully saturated rings. The van der Waals surface area contributed by atoms with Crippen LogP contribution < -0.4 is 0 Å². The fourth-order valence-electron chi connectivity index (χ4n) is 3.13. The standard InChI is InChI=1S/C14H25N5/c1-12(2)18-8-5-9-19-14(11-18)13(15-16-19)10-17-6-3-4-7-17/h12H,3-11H2,1-2H3. The minimum absolute atomic E-state index is 0.598. The van der Waals surface area contributed by atoms with Gasteiger partial charge in [0.25, 0.3) is 0 Å². The zero-order valence-corrected chi connectivity index (χ0v) is 12.2. The van der Waals surface area contributed by atoms with E-state index in [1.54, 1.807) is 0 Å². The van der Waals surface area contributed by atoms with E-state index < -0.39 is 0 Å². The van der Waals surface area contributed by atoms with Crippen LogP contribution in [0.15, 0.2) is 0 Å². The van der Waals surface area contributed by atoms with Gasteiger partial charge in [0.15, 0.2) is 0 Å². The van der Waals surface area contributed by atoms with Crippen molar-refractivity contribution in [2.45, 2.75) is 58.8 Å². The highest BCUT2D eigenvalue weighted by Crippen LogP contribution is 2.19. The van der Waals surface area contributed by atoms with Gasteiger partial charge in [-0.05, 0) is 46.2 Å². The van der Waals surface area contributed by atoms with E-state index in [4.69, 9.17) is 0 Å². The Morgan fingerprint density at radius 1 is 1.05 bits per heavy atom. The molecule has 5 nitrogen and oxygen atoms in total. The van der Waals surface area contributed by atoms with E-state index in [0.717, 1.165) is 19.6 Å². The highest BCUT2D eigenvalue weighted by atomic mass is 15.4. The normalized spacial score (nSPS) is 21.8. The first-order chi connectivity index (χ1) is 9.24. The molecule has 5 heteroatoms. The third-order valence-electron chi connectivity index (χ3n) is 4.39. The predicted molar refractivity (Wildman–Crippen MR) is 74.7 cm³/mol. The van der Waals surface area contributed by atoms with Gasteiger partial charge in [0.2, 0.25) is 0 Å². The number of aryl methyl sites for hydroxylation is 1. The topological polar surface area (TPSA) is 37.2 Å². The van der Waals surface area contributed by atoms with Crippen LogP contribution in [-0.2, 0) is 19.6 Å². The molecule has 0 unspecified atom stereocenters. The molecule has 0 atom stereocenters. The summed E-state index contributed by atoms with van der Waals surface area (Å²) in [5.41, 5.74) is 2.55. The Hall–Kier alpha value is -0.940. The molecule has 0 radical (unpaired) electrons. The first kappa shape index (κ1) is 13.1. The summed E-state index contributed by atoms with van der Waals surface area (Å²) in [5.74, 6) is 0. The average molecular weight is 263 g/mol. The third kappa shape index (κ3) is 2.82. The summed E-state index contributed by atoms with van der Waals surface area (Å²) in [5, 5.41) is 8.81. The van der Waals surface area contributed by atoms with Gasteiger partial charge in [-0.15, -0.1) is 5.10 Å². The molecule has 19 heavy (non-hydrogen) atoms. The number of aromatic nitrogens is 3. The van der Waals surface area contributed by atoms with Crippen molar-refractivity contribution in [3.05, 3.63) is 11.4 Å². The van der Waals surface area contributed by atoms with Crippen LogP contribution in [0.5, 0.6) is 0 Å². The number of fused-ring (bicyclic) bond motifs is 1. The Kier molecular flexibility index (Phi) is 3.84. The molecular formula is C14H25N5. The molecule has 2 aliphatic rings. The van der Waals surface area contributed by atoms with Gasteiger partial charge in [-0.1, -0.05) is 5.21 Å². The van der Waals surface area contributed by atoms with Crippen molar-refractivity contribution < 1.29 is 0 Å². The van der Waals surface area contributed by atoms with Crippen molar-refractivity contribution >= 4 is 0 Å². The lowest BCUT2D eigenvalue weighted by atomic mass is 10.2. The molecule has 2 aliphatic heterocycles. The lowest BCUT2D eigenvalue weighted by Gasteiger charge is -2.24. The first-order valence-electron chi connectivity index (χ1n) is 7.61. The molecule has 0 bridgehead atoms. The van der Waals surface area contributed by atoms with Crippen molar-refractivity contribution in [1.29, 1.82) is 0 Å². The van der Waals surface area contributed by atoms with E-state index in [1.807, 2.05) is 0 Å². The minimum Gasteiger partial charge on any atom is -0.297 e. The maximum absolute atomic E-state index is 4.44. The molecule has 3 rings (SSSR count). The van der Waals surface area contributed by atoms with Gasteiger partial charge in [0.05, 0.1) is 5.69 Å². The van der Waals surface area contributed by atoms with Crippen LogP contribution >= 0.6 is 0 Å². The van der Waals surface area contributed by atoms with Gasteiger partial charge in [0.1, 0.15) is 5.69 Å². The SMILES string of the molecule is CC(C)N1CCCn2nnc(CN3CCCC3)c2C1. The maximum atomic E-state index is 4.44. The molecule has 0 N–H and O–H groups in total. The van der Waals surface area contributed by atoms with Gasteiger partial charge >= 0.3 is 0 Å². The molecule has 1 saturated heterocycles. The predicted octanol–water partition coefficient (Wildman–Crippen LogP) is 1.49. The second-order valence-corrected chi connectivity index (χ2v) is 6.11. The number of rotatable bonds is 3. The van der Waals surface area contributed by atoms with Gasteiger partial charge < -0.3 is 0 Å². The van der Waals surface area contributed by atoms with Crippen molar-refractivity contribution in [3.8, 4) is 0 Å². The molecule has 0 aromatic carbocycles. The van der Waals surface area contributed by atoms with Crippen LogP contribution in [0.3, 0.4) is 0 Å². The van der Waals surface area contributed by atoms with Gasteiger partial charge in [-0.3, -0.25) is 9.80 Å². The van der Waals surface area contributed by atoms with Crippen molar-refractivity contribution in [2.75, 3.05) is 19.6 Å². The Bertz CT molecular complexity index is 419. The fourth-order valence-corrected chi connectivity index (χ4v) is 3.13. The van der Waals surface area contributed by atoms with E-state index in [0.29, 0.717) is 6.04 Å². The van der Waals surface area contributed by atoms with E-state index in [-0.39, 0.29) is 0 Å². The Morgan fingerprint density at radius 3 is 2.58 bits per heavy atom. The van der Waals surface area contributed by atoms with Gasteiger partial charge in [0, 0.05) is 32.2 Å². The van der Waals surface area contributed by atoms with E-state index in [2.05, 4.69) is 38.6 Å². The van der Waals surface area contributed by atoms with E-state index in [1.165, 1.54) is 50.3 Å². The zero-order chi connectivity index (χ0) is 13.2. The van der Waals surface area contributed by atoms with Crippen molar-refractivity contribution in [2.24, 2.45) is 0 Å². The first-order valence-corrected chi connectivity index (χ1v) is 7.61. The van der Waals surface area contributed by atoms with Crippen LogP contribution in [-0.4, -0.2) is 50.5 Å². The summed E-state index contributed by atoms with van der Waals surface area (Å²) >= 11 is 0. The molecule has 0 aliphatic carbocycles. The molecule has 1 aromatic heterocycles. The second kappa shape index (κ2) is 5.59. The average Bonchev–Trinajstić information content (AvgIpc) is 2.96. The van der Waals surface area contributed by atoms with Crippen LogP contribution in [0.2, 0.25) is 0 Å². The molecule has 106 valence electrons. The minimum atomic E-state index is 0.598. The van der Waals surface area contributed by atoms with Gasteiger partial charge in [-0.2, -0.15) is 0 Å². The number of hydrogen-bond donors (Lipinski definition) is 0. The molecule has 1 aromatic rings. The lowest BCUT2D eigenvalue weighted by Crippen LogP contribution is -2.31. The largest absolute Gasteiger partial charge is 0.297 e. The highest BCUT2D eigenvalue weighted by molar-refractivity contribution is 5.11.